The first-order valence-electron chi connectivity index (χ1n) is 7.37. The van der Waals surface area contributed by atoms with Crippen LogP contribution in [0, 0.1) is 11.6 Å². The van der Waals surface area contributed by atoms with Gasteiger partial charge in [0.2, 0.25) is 0 Å². The number of nitrogens with zero attached hydrogens (tertiary/aromatic N) is 1. The van der Waals surface area contributed by atoms with Crippen molar-refractivity contribution in [2.45, 2.75) is 46.3 Å². The number of nitrogens with one attached hydrogen (secondary N) is 1. The van der Waals surface area contributed by atoms with Gasteiger partial charge in [0.05, 0.1) is 6.61 Å². The molecule has 0 spiro atoms. The van der Waals surface area contributed by atoms with Crippen molar-refractivity contribution in [1.82, 2.24) is 5.32 Å². The van der Waals surface area contributed by atoms with E-state index >= 15 is 0 Å². The molecule has 0 aliphatic rings. The van der Waals surface area contributed by atoms with Crippen molar-refractivity contribution < 1.29 is 13.5 Å². The maximum Gasteiger partial charge on any atom is 0.149 e. The van der Waals surface area contributed by atoms with Crippen molar-refractivity contribution in [1.29, 1.82) is 0 Å². The van der Waals surface area contributed by atoms with Crippen LogP contribution < -0.4 is 10.2 Å². The Labute approximate surface area is 126 Å². The smallest absolute Gasteiger partial charge is 0.149 e. The fourth-order valence-electron chi connectivity index (χ4n) is 2.34. The first kappa shape index (κ1) is 17.9. The Morgan fingerprint density at radius 3 is 2.19 bits per heavy atom. The molecule has 0 aliphatic carbocycles. The van der Waals surface area contributed by atoms with E-state index in [2.05, 4.69) is 5.32 Å². The van der Waals surface area contributed by atoms with Gasteiger partial charge in [-0.15, -0.1) is 0 Å². The van der Waals surface area contributed by atoms with Gasteiger partial charge in [0.1, 0.15) is 17.3 Å². The highest BCUT2D eigenvalue weighted by Crippen LogP contribution is 2.26. The SMILES string of the molecule is CCN(c1c(F)cc(CNC(C)C)cc1F)C(C)COC. The van der Waals surface area contributed by atoms with Crippen LogP contribution in [0.25, 0.3) is 0 Å². The van der Waals surface area contributed by atoms with E-state index in [1.807, 2.05) is 27.7 Å². The third-order valence-corrected chi connectivity index (χ3v) is 3.36. The van der Waals surface area contributed by atoms with Gasteiger partial charge in [0.15, 0.2) is 0 Å². The minimum atomic E-state index is -0.527. The van der Waals surface area contributed by atoms with E-state index in [9.17, 15) is 8.78 Å². The van der Waals surface area contributed by atoms with Gasteiger partial charge in [-0.25, -0.2) is 8.78 Å². The summed E-state index contributed by atoms with van der Waals surface area (Å²) < 4.78 is 33.7. The number of ether oxygens (including phenoxy) is 1. The molecule has 0 saturated carbocycles. The predicted octanol–water partition coefficient (Wildman–Crippen LogP) is 3.32. The van der Waals surface area contributed by atoms with Crippen molar-refractivity contribution in [3.05, 3.63) is 29.3 Å². The van der Waals surface area contributed by atoms with E-state index in [4.69, 9.17) is 4.74 Å². The molecule has 1 rings (SSSR count). The summed E-state index contributed by atoms with van der Waals surface area (Å²) in [7, 11) is 1.58. The Kier molecular flexibility index (Phi) is 7.05. The zero-order valence-electron chi connectivity index (χ0n) is 13.5. The topological polar surface area (TPSA) is 24.5 Å². The molecule has 1 aromatic rings. The number of hydrogen-bond acceptors (Lipinski definition) is 3. The molecule has 120 valence electrons. The monoisotopic (exact) mass is 300 g/mol. The Bertz CT molecular complexity index is 429. The van der Waals surface area contributed by atoms with Crippen LogP contribution in [0.1, 0.15) is 33.3 Å². The zero-order chi connectivity index (χ0) is 16.0. The standard InChI is InChI=1S/C16H26F2N2O/c1-6-20(12(4)10-21-5)16-14(17)7-13(8-15(16)18)9-19-11(2)3/h7-8,11-12,19H,6,9-10H2,1-5H3. The van der Waals surface area contributed by atoms with Crippen molar-refractivity contribution in [2.75, 3.05) is 25.2 Å². The van der Waals surface area contributed by atoms with Crippen molar-refractivity contribution in [2.24, 2.45) is 0 Å². The van der Waals surface area contributed by atoms with Gasteiger partial charge in [-0.2, -0.15) is 0 Å². The Hall–Kier alpha value is -1.20. The quantitative estimate of drug-likeness (QED) is 0.797. The van der Waals surface area contributed by atoms with E-state index in [1.54, 1.807) is 12.0 Å². The third kappa shape index (κ3) is 4.93. The Balaban J connectivity index is 3.02. The van der Waals surface area contributed by atoms with Crippen LogP contribution in [0.5, 0.6) is 0 Å². The van der Waals surface area contributed by atoms with Gasteiger partial charge in [0.25, 0.3) is 0 Å². The summed E-state index contributed by atoms with van der Waals surface area (Å²) in [6.07, 6.45) is 0. The van der Waals surface area contributed by atoms with Crippen LogP contribution in [-0.2, 0) is 11.3 Å². The molecule has 3 nitrogen and oxygen atoms in total. The maximum absolute atomic E-state index is 14.3. The predicted molar refractivity (Wildman–Crippen MR) is 82.7 cm³/mol. The highest BCUT2D eigenvalue weighted by atomic mass is 19.1. The summed E-state index contributed by atoms with van der Waals surface area (Å²) in [6.45, 7) is 9.13. The average molecular weight is 300 g/mol. The first-order valence-corrected chi connectivity index (χ1v) is 7.37. The summed E-state index contributed by atoms with van der Waals surface area (Å²) in [5, 5.41) is 3.16. The Morgan fingerprint density at radius 2 is 1.76 bits per heavy atom. The molecule has 0 aliphatic heterocycles. The number of hydrogen-bond donors (Lipinski definition) is 1. The van der Waals surface area contributed by atoms with Gasteiger partial charge >= 0.3 is 0 Å². The van der Waals surface area contributed by atoms with Crippen LogP contribution in [-0.4, -0.2) is 32.3 Å². The van der Waals surface area contributed by atoms with E-state index in [0.717, 1.165) is 0 Å². The number of benzene rings is 1. The molecule has 0 heterocycles. The van der Waals surface area contributed by atoms with Crippen molar-refractivity contribution in [3.63, 3.8) is 0 Å². The van der Waals surface area contributed by atoms with Gasteiger partial charge < -0.3 is 15.0 Å². The van der Waals surface area contributed by atoms with E-state index < -0.39 is 11.6 Å². The highest BCUT2D eigenvalue weighted by molar-refractivity contribution is 5.51. The molecular weight excluding hydrogens is 274 g/mol. The number of halogens is 2. The summed E-state index contributed by atoms with van der Waals surface area (Å²) in [6, 6.07) is 2.97. The molecule has 0 aromatic heterocycles. The number of rotatable bonds is 8. The largest absolute Gasteiger partial charge is 0.383 e. The minimum Gasteiger partial charge on any atom is -0.383 e. The van der Waals surface area contributed by atoms with Crippen molar-refractivity contribution >= 4 is 5.69 Å². The zero-order valence-corrected chi connectivity index (χ0v) is 13.5. The lowest BCUT2D eigenvalue weighted by atomic mass is 10.1. The number of anilines is 1. The third-order valence-electron chi connectivity index (χ3n) is 3.36. The van der Waals surface area contributed by atoms with Crippen molar-refractivity contribution in [3.8, 4) is 0 Å². The van der Waals surface area contributed by atoms with Crippen LogP contribution in [0.15, 0.2) is 12.1 Å². The molecule has 0 amide bonds. The van der Waals surface area contributed by atoms with Gasteiger partial charge in [-0.05, 0) is 31.5 Å². The Morgan fingerprint density at radius 1 is 1.19 bits per heavy atom. The normalized spacial score (nSPS) is 12.8. The summed E-state index contributed by atoms with van der Waals surface area (Å²) in [5.74, 6) is -1.05. The molecule has 0 bridgehead atoms. The molecule has 0 fully saturated rings. The van der Waals surface area contributed by atoms with E-state index in [0.29, 0.717) is 25.3 Å². The lowest BCUT2D eigenvalue weighted by Crippen LogP contribution is -2.37. The summed E-state index contributed by atoms with van der Waals surface area (Å²) >= 11 is 0. The lowest BCUT2D eigenvalue weighted by Gasteiger charge is -2.30. The summed E-state index contributed by atoms with van der Waals surface area (Å²) in [5.41, 5.74) is 0.633. The molecular formula is C16H26F2N2O. The van der Waals surface area contributed by atoms with Gasteiger partial charge in [-0.3, -0.25) is 0 Å². The van der Waals surface area contributed by atoms with E-state index in [1.165, 1.54) is 12.1 Å². The lowest BCUT2D eigenvalue weighted by molar-refractivity contribution is 0.181. The minimum absolute atomic E-state index is 0.0235. The molecule has 5 heteroatoms. The molecule has 1 unspecified atom stereocenters. The molecule has 21 heavy (non-hydrogen) atoms. The first-order chi connectivity index (χ1) is 9.90. The van der Waals surface area contributed by atoms with Crippen LogP contribution in [0.4, 0.5) is 14.5 Å². The second-order valence-electron chi connectivity index (χ2n) is 5.53. The maximum atomic E-state index is 14.3. The summed E-state index contributed by atoms with van der Waals surface area (Å²) in [4.78, 5) is 1.69. The van der Waals surface area contributed by atoms with Gasteiger partial charge in [-0.1, -0.05) is 13.8 Å². The second-order valence-corrected chi connectivity index (χ2v) is 5.53. The molecule has 0 saturated heterocycles. The van der Waals surface area contributed by atoms with Crippen LogP contribution >= 0.6 is 0 Å². The fourth-order valence-corrected chi connectivity index (χ4v) is 2.34. The molecule has 1 N–H and O–H groups in total. The number of methoxy groups -OCH3 is 1. The molecule has 1 aromatic carbocycles. The van der Waals surface area contributed by atoms with E-state index in [-0.39, 0.29) is 17.8 Å². The molecule has 0 radical (unpaired) electrons. The van der Waals surface area contributed by atoms with Crippen LogP contribution in [0.2, 0.25) is 0 Å². The van der Waals surface area contributed by atoms with Gasteiger partial charge in [0, 0.05) is 32.3 Å². The average Bonchev–Trinajstić information content (AvgIpc) is 2.40. The van der Waals surface area contributed by atoms with Crippen LogP contribution in [0.3, 0.4) is 0 Å². The highest BCUT2D eigenvalue weighted by Gasteiger charge is 2.21. The second kappa shape index (κ2) is 8.29. The molecule has 1 atom stereocenters. The number of likely N-dealkylation sites (N-methyl/N-ethyl adjacent to an activating group) is 1. The fraction of sp³-hybridized carbons (Fsp3) is 0.625.